The number of rotatable bonds is 3. The molecular formula is C16H15F2NO2S. The summed E-state index contributed by atoms with van der Waals surface area (Å²) in [5.41, 5.74) is 1.09. The molecule has 2 aromatic rings. The Morgan fingerprint density at radius 1 is 1.00 bits per heavy atom. The second kappa shape index (κ2) is 5.78. The summed E-state index contributed by atoms with van der Waals surface area (Å²) in [7, 11) is -3.79. The Labute approximate surface area is 128 Å². The normalized spacial score (nSPS) is 19.5. The lowest BCUT2D eigenvalue weighted by Gasteiger charge is -2.17. The van der Waals surface area contributed by atoms with Crippen LogP contribution in [0.25, 0.3) is 0 Å². The van der Waals surface area contributed by atoms with Crippen LogP contribution in [0.4, 0.5) is 8.78 Å². The first kappa shape index (κ1) is 15.1. The summed E-state index contributed by atoms with van der Waals surface area (Å²) in [6.07, 6.45) is 0.715. The molecule has 0 N–H and O–H groups in total. The standard InChI is InChI=1S/C16H15F2NO2S/c17-15-7-6-14(10-16(15)18)22(20,21)19-9-8-13(11-19)12-4-2-1-3-5-12/h1-7,10,13H,8-9,11H2. The average molecular weight is 323 g/mol. The number of sulfonamides is 1. The van der Waals surface area contributed by atoms with Crippen LogP contribution in [0.5, 0.6) is 0 Å². The number of nitrogens with zero attached hydrogens (tertiary/aromatic N) is 1. The maximum atomic E-state index is 13.3. The van der Waals surface area contributed by atoms with E-state index in [1.165, 1.54) is 4.31 Å². The lowest BCUT2D eigenvalue weighted by Crippen LogP contribution is -2.28. The summed E-state index contributed by atoms with van der Waals surface area (Å²) in [6, 6.07) is 12.4. The summed E-state index contributed by atoms with van der Waals surface area (Å²) in [5, 5.41) is 0. The van der Waals surface area contributed by atoms with Gasteiger partial charge < -0.3 is 0 Å². The van der Waals surface area contributed by atoms with Gasteiger partial charge in [-0.2, -0.15) is 4.31 Å². The van der Waals surface area contributed by atoms with Gasteiger partial charge in [0.05, 0.1) is 4.90 Å². The number of halogens is 2. The van der Waals surface area contributed by atoms with Crippen molar-refractivity contribution in [2.45, 2.75) is 17.2 Å². The van der Waals surface area contributed by atoms with Gasteiger partial charge in [-0.1, -0.05) is 30.3 Å². The molecule has 3 nitrogen and oxygen atoms in total. The summed E-state index contributed by atoms with van der Waals surface area (Å²) in [4.78, 5) is -0.208. The van der Waals surface area contributed by atoms with E-state index >= 15 is 0 Å². The fourth-order valence-corrected chi connectivity index (χ4v) is 4.24. The summed E-state index contributed by atoms with van der Waals surface area (Å²) >= 11 is 0. The Kier molecular flexibility index (Phi) is 3.97. The van der Waals surface area contributed by atoms with Gasteiger partial charge in [-0.3, -0.25) is 0 Å². The topological polar surface area (TPSA) is 37.4 Å². The van der Waals surface area contributed by atoms with Gasteiger partial charge in [0.2, 0.25) is 10.0 Å². The Morgan fingerprint density at radius 2 is 1.73 bits per heavy atom. The third-order valence-corrected chi connectivity index (χ3v) is 5.81. The molecule has 0 aromatic heterocycles. The summed E-state index contributed by atoms with van der Waals surface area (Å²) < 4.78 is 52.6. The number of hydrogen-bond acceptors (Lipinski definition) is 2. The lowest BCUT2D eigenvalue weighted by molar-refractivity contribution is 0.469. The van der Waals surface area contributed by atoms with E-state index in [9.17, 15) is 17.2 Å². The molecule has 22 heavy (non-hydrogen) atoms. The van der Waals surface area contributed by atoms with Crippen molar-refractivity contribution < 1.29 is 17.2 Å². The average Bonchev–Trinajstić information content (AvgIpc) is 3.01. The zero-order valence-corrected chi connectivity index (χ0v) is 12.6. The Bertz CT molecular complexity index is 778. The highest BCUT2D eigenvalue weighted by molar-refractivity contribution is 7.89. The van der Waals surface area contributed by atoms with Crippen molar-refractivity contribution in [1.82, 2.24) is 4.31 Å². The maximum absolute atomic E-state index is 13.3. The Hall–Kier alpha value is -1.79. The number of benzene rings is 2. The highest BCUT2D eigenvalue weighted by Crippen LogP contribution is 2.31. The van der Waals surface area contributed by atoms with Gasteiger partial charge in [-0.15, -0.1) is 0 Å². The van der Waals surface area contributed by atoms with Crippen LogP contribution in [-0.2, 0) is 10.0 Å². The molecule has 6 heteroatoms. The van der Waals surface area contributed by atoms with Gasteiger partial charge in [0, 0.05) is 13.1 Å². The molecule has 0 radical (unpaired) electrons. The predicted molar refractivity (Wildman–Crippen MR) is 78.9 cm³/mol. The minimum Gasteiger partial charge on any atom is -0.207 e. The zero-order valence-electron chi connectivity index (χ0n) is 11.7. The minimum absolute atomic E-state index is 0.126. The maximum Gasteiger partial charge on any atom is 0.243 e. The van der Waals surface area contributed by atoms with Gasteiger partial charge in [-0.25, -0.2) is 17.2 Å². The van der Waals surface area contributed by atoms with Crippen LogP contribution < -0.4 is 0 Å². The highest BCUT2D eigenvalue weighted by Gasteiger charge is 2.33. The molecule has 1 heterocycles. The van der Waals surface area contributed by atoms with Crippen LogP contribution in [-0.4, -0.2) is 25.8 Å². The SMILES string of the molecule is O=S(=O)(c1ccc(F)c(F)c1)N1CCC(c2ccccc2)C1. The number of hydrogen-bond donors (Lipinski definition) is 0. The molecule has 1 aliphatic rings. The molecule has 116 valence electrons. The molecule has 3 rings (SSSR count). The third-order valence-electron chi connectivity index (χ3n) is 3.95. The molecule has 1 atom stereocenters. The van der Waals surface area contributed by atoms with Crippen molar-refractivity contribution in [3.63, 3.8) is 0 Å². The zero-order chi connectivity index (χ0) is 15.7. The van der Waals surface area contributed by atoms with Crippen molar-refractivity contribution in [2.75, 3.05) is 13.1 Å². The molecule has 0 aliphatic carbocycles. The molecule has 1 aliphatic heterocycles. The van der Waals surface area contributed by atoms with Crippen molar-refractivity contribution >= 4 is 10.0 Å². The van der Waals surface area contributed by atoms with Crippen molar-refractivity contribution in [1.29, 1.82) is 0 Å². The monoisotopic (exact) mass is 323 g/mol. The van der Waals surface area contributed by atoms with Crippen LogP contribution >= 0.6 is 0 Å². The van der Waals surface area contributed by atoms with Gasteiger partial charge in [-0.05, 0) is 36.1 Å². The molecule has 0 spiro atoms. The van der Waals surface area contributed by atoms with Gasteiger partial charge in [0.25, 0.3) is 0 Å². The van der Waals surface area contributed by atoms with E-state index in [-0.39, 0.29) is 10.8 Å². The highest BCUT2D eigenvalue weighted by atomic mass is 32.2. The van der Waals surface area contributed by atoms with Crippen LogP contribution in [0.1, 0.15) is 17.9 Å². The van der Waals surface area contributed by atoms with Crippen LogP contribution in [0, 0.1) is 11.6 Å². The predicted octanol–water partition coefficient (Wildman–Crippen LogP) is 3.14. The van der Waals surface area contributed by atoms with E-state index in [0.29, 0.717) is 19.5 Å². The largest absolute Gasteiger partial charge is 0.243 e. The first-order chi connectivity index (χ1) is 10.5. The minimum atomic E-state index is -3.79. The van der Waals surface area contributed by atoms with Gasteiger partial charge in [0.1, 0.15) is 0 Å². The van der Waals surface area contributed by atoms with E-state index in [1.54, 1.807) is 0 Å². The summed E-state index contributed by atoms with van der Waals surface area (Å²) in [5.74, 6) is -2.08. The molecule has 0 amide bonds. The van der Waals surface area contributed by atoms with E-state index in [0.717, 1.165) is 23.8 Å². The third kappa shape index (κ3) is 2.76. The second-order valence-electron chi connectivity index (χ2n) is 5.34. The van der Waals surface area contributed by atoms with E-state index in [4.69, 9.17) is 0 Å². The smallest absolute Gasteiger partial charge is 0.207 e. The molecule has 0 saturated carbocycles. The van der Waals surface area contributed by atoms with E-state index in [2.05, 4.69) is 0 Å². The lowest BCUT2D eigenvalue weighted by atomic mass is 9.99. The molecule has 1 saturated heterocycles. The molecule has 1 fully saturated rings. The van der Waals surface area contributed by atoms with Crippen LogP contribution in [0.15, 0.2) is 53.4 Å². The fraction of sp³-hybridized carbons (Fsp3) is 0.250. The van der Waals surface area contributed by atoms with Crippen molar-refractivity contribution in [2.24, 2.45) is 0 Å². The van der Waals surface area contributed by atoms with Crippen LogP contribution in [0.3, 0.4) is 0 Å². The van der Waals surface area contributed by atoms with Crippen LogP contribution in [0.2, 0.25) is 0 Å². The molecular weight excluding hydrogens is 308 g/mol. The molecule has 1 unspecified atom stereocenters. The molecule has 2 aromatic carbocycles. The second-order valence-corrected chi connectivity index (χ2v) is 7.27. The van der Waals surface area contributed by atoms with Crippen molar-refractivity contribution in [3.8, 4) is 0 Å². The van der Waals surface area contributed by atoms with Gasteiger partial charge in [0.15, 0.2) is 11.6 Å². The first-order valence-corrected chi connectivity index (χ1v) is 8.42. The quantitative estimate of drug-likeness (QED) is 0.870. The van der Waals surface area contributed by atoms with Crippen molar-refractivity contribution in [3.05, 3.63) is 65.7 Å². The Balaban J connectivity index is 1.83. The van der Waals surface area contributed by atoms with Gasteiger partial charge >= 0.3 is 0 Å². The van der Waals surface area contributed by atoms with E-state index in [1.807, 2.05) is 30.3 Å². The fourth-order valence-electron chi connectivity index (χ4n) is 2.73. The Morgan fingerprint density at radius 3 is 2.41 bits per heavy atom. The first-order valence-electron chi connectivity index (χ1n) is 6.98. The van der Waals surface area contributed by atoms with E-state index < -0.39 is 21.7 Å². The summed E-state index contributed by atoms with van der Waals surface area (Å²) in [6.45, 7) is 0.728. The molecule has 0 bridgehead atoms.